The number of para-hydroxylation sites is 2. The minimum Gasteiger partial charge on any atom is -0.424 e. The quantitative estimate of drug-likeness (QED) is 0.887. The van der Waals surface area contributed by atoms with E-state index in [1.165, 1.54) is 0 Å². The van der Waals surface area contributed by atoms with Gasteiger partial charge in [-0.1, -0.05) is 12.1 Å². The number of anilines is 1. The van der Waals surface area contributed by atoms with Gasteiger partial charge >= 0.3 is 0 Å². The number of nitrogens with one attached hydrogen (secondary N) is 2. The Bertz CT molecular complexity index is 536. The van der Waals surface area contributed by atoms with E-state index in [9.17, 15) is 4.79 Å². The van der Waals surface area contributed by atoms with E-state index < -0.39 is 0 Å². The number of benzene rings is 1. The normalized spacial score (nSPS) is 11.5. The number of amides is 1. The fraction of sp³-hybridized carbons (Fsp3) is 0.429. The second-order valence-electron chi connectivity index (χ2n) is 5.46. The molecule has 2 aromatic rings. The maximum Gasteiger partial charge on any atom is 0.295 e. The average Bonchev–Trinajstić information content (AvgIpc) is 2.68. The highest BCUT2D eigenvalue weighted by Crippen LogP contribution is 2.17. The van der Waals surface area contributed by atoms with Crippen LogP contribution in [0.2, 0.25) is 0 Å². The number of nitrogens with zero attached hydrogens (tertiary/aromatic N) is 1. The van der Waals surface area contributed by atoms with E-state index >= 15 is 0 Å². The summed E-state index contributed by atoms with van der Waals surface area (Å²) in [7, 11) is 0. The summed E-state index contributed by atoms with van der Waals surface area (Å²) in [5.41, 5.74) is 1.35. The first-order valence-corrected chi connectivity index (χ1v) is 6.34. The molecule has 0 aliphatic heterocycles. The maximum absolute atomic E-state index is 11.6. The summed E-state index contributed by atoms with van der Waals surface area (Å²) < 4.78 is 5.50. The minimum atomic E-state index is -0.200. The highest BCUT2D eigenvalue weighted by atomic mass is 16.4. The Kier molecular flexibility index (Phi) is 3.74. The molecule has 1 heterocycles. The van der Waals surface area contributed by atoms with E-state index in [-0.39, 0.29) is 11.4 Å². The van der Waals surface area contributed by atoms with Crippen molar-refractivity contribution < 1.29 is 9.21 Å². The number of carbonyl (C=O) groups excluding carboxylic acids is 1. The SMILES string of the molecule is CC(C)(C)NC(=O)CCNc1nc2ccccc2o1. The van der Waals surface area contributed by atoms with Gasteiger partial charge in [0.15, 0.2) is 5.58 Å². The molecule has 1 amide bonds. The lowest BCUT2D eigenvalue weighted by atomic mass is 10.1. The van der Waals surface area contributed by atoms with Crippen molar-refractivity contribution in [1.82, 2.24) is 10.3 Å². The van der Waals surface area contributed by atoms with Gasteiger partial charge in [0.1, 0.15) is 5.52 Å². The first-order valence-electron chi connectivity index (χ1n) is 6.34. The predicted octanol–water partition coefficient (Wildman–Crippen LogP) is 2.54. The number of fused-ring (bicyclic) bond motifs is 1. The lowest BCUT2D eigenvalue weighted by Gasteiger charge is -2.20. The number of hydrogen-bond acceptors (Lipinski definition) is 4. The Balaban J connectivity index is 1.84. The third-order valence-corrected chi connectivity index (χ3v) is 2.44. The smallest absolute Gasteiger partial charge is 0.295 e. The zero-order chi connectivity index (χ0) is 13.9. The Morgan fingerprint density at radius 1 is 1.32 bits per heavy atom. The summed E-state index contributed by atoms with van der Waals surface area (Å²) in [6.45, 7) is 6.37. The topological polar surface area (TPSA) is 67.2 Å². The molecule has 0 bridgehead atoms. The molecule has 0 unspecified atom stereocenters. The summed E-state index contributed by atoms with van der Waals surface area (Å²) in [5, 5.41) is 5.91. The van der Waals surface area contributed by atoms with Crippen LogP contribution >= 0.6 is 0 Å². The molecule has 19 heavy (non-hydrogen) atoms. The highest BCUT2D eigenvalue weighted by molar-refractivity contribution is 5.77. The van der Waals surface area contributed by atoms with Crippen LogP contribution in [0.15, 0.2) is 28.7 Å². The van der Waals surface area contributed by atoms with Crippen molar-refractivity contribution in [3.05, 3.63) is 24.3 Å². The van der Waals surface area contributed by atoms with Gasteiger partial charge in [0, 0.05) is 18.5 Å². The van der Waals surface area contributed by atoms with E-state index in [1.54, 1.807) is 0 Å². The first kappa shape index (κ1) is 13.4. The molecule has 0 aliphatic rings. The van der Waals surface area contributed by atoms with Crippen LogP contribution in [0.5, 0.6) is 0 Å². The molecule has 5 heteroatoms. The van der Waals surface area contributed by atoms with E-state index in [1.807, 2.05) is 45.0 Å². The molecule has 0 saturated carbocycles. The molecule has 2 N–H and O–H groups in total. The molecule has 1 aromatic carbocycles. The fourth-order valence-corrected chi connectivity index (χ4v) is 1.71. The third-order valence-electron chi connectivity index (χ3n) is 2.44. The van der Waals surface area contributed by atoms with Gasteiger partial charge in [0.05, 0.1) is 0 Å². The van der Waals surface area contributed by atoms with Crippen molar-refractivity contribution in [3.8, 4) is 0 Å². The average molecular weight is 261 g/mol. The maximum atomic E-state index is 11.6. The van der Waals surface area contributed by atoms with E-state index in [2.05, 4.69) is 15.6 Å². The molecule has 0 fully saturated rings. The van der Waals surface area contributed by atoms with Gasteiger partial charge in [0.25, 0.3) is 6.01 Å². The molecule has 5 nitrogen and oxygen atoms in total. The monoisotopic (exact) mass is 261 g/mol. The zero-order valence-corrected chi connectivity index (χ0v) is 11.5. The Hall–Kier alpha value is -2.04. The van der Waals surface area contributed by atoms with Crippen LogP contribution < -0.4 is 10.6 Å². The van der Waals surface area contributed by atoms with Gasteiger partial charge in [-0.15, -0.1) is 0 Å². The molecule has 0 saturated heterocycles. The van der Waals surface area contributed by atoms with Crippen molar-refractivity contribution in [1.29, 1.82) is 0 Å². The standard InChI is InChI=1S/C14H19N3O2/c1-14(2,3)17-12(18)8-9-15-13-16-10-6-4-5-7-11(10)19-13/h4-7H,8-9H2,1-3H3,(H,15,16)(H,17,18). The van der Waals surface area contributed by atoms with Gasteiger partial charge in [-0.25, -0.2) is 0 Å². The molecule has 0 aliphatic carbocycles. The van der Waals surface area contributed by atoms with Crippen LogP contribution in [0.1, 0.15) is 27.2 Å². The second-order valence-corrected chi connectivity index (χ2v) is 5.46. The van der Waals surface area contributed by atoms with Gasteiger partial charge < -0.3 is 15.1 Å². The largest absolute Gasteiger partial charge is 0.424 e. The lowest BCUT2D eigenvalue weighted by Crippen LogP contribution is -2.41. The minimum absolute atomic E-state index is 0.0103. The van der Waals surface area contributed by atoms with Gasteiger partial charge in [0.2, 0.25) is 5.91 Å². The number of hydrogen-bond donors (Lipinski definition) is 2. The molecule has 102 valence electrons. The van der Waals surface area contributed by atoms with E-state index in [0.29, 0.717) is 19.0 Å². The Morgan fingerprint density at radius 3 is 2.74 bits per heavy atom. The van der Waals surface area contributed by atoms with Gasteiger partial charge in [-0.2, -0.15) is 4.98 Å². The summed E-state index contributed by atoms with van der Waals surface area (Å²) in [4.78, 5) is 15.9. The van der Waals surface area contributed by atoms with Crippen LogP contribution in [0.3, 0.4) is 0 Å². The molecule has 1 aromatic heterocycles. The van der Waals surface area contributed by atoms with Crippen molar-refractivity contribution >= 4 is 23.0 Å². The molecular formula is C14H19N3O2. The number of aromatic nitrogens is 1. The number of rotatable bonds is 4. The van der Waals surface area contributed by atoms with Crippen molar-refractivity contribution in [2.75, 3.05) is 11.9 Å². The molecular weight excluding hydrogens is 242 g/mol. The summed E-state index contributed by atoms with van der Waals surface area (Å²) in [6.07, 6.45) is 0.385. The van der Waals surface area contributed by atoms with E-state index in [0.717, 1.165) is 11.1 Å². The molecule has 0 radical (unpaired) electrons. The van der Waals surface area contributed by atoms with Crippen molar-refractivity contribution in [2.24, 2.45) is 0 Å². The van der Waals surface area contributed by atoms with Crippen LogP contribution in [0.25, 0.3) is 11.1 Å². The third kappa shape index (κ3) is 3.98. The fourth-order valence-electron chi connectivity index (χ4n) is 1.71. The zero-order valence-electron chi connectivity index (χ0n) is 11.5. The van der Waals surface area contributed by atoms with Crippen LogP contribution in [0, 0.1) is 0 Å². The molecule has 0 atom stereocenters. The molecule has 2 rings (SSSR count). The Labute approximate surface area is 112 Å². The van der Waals surface area contributed by atoms with Gasteiger partial charge in [-0.3, -0.25) is 4.79 Å². The summed E-state index contributed by atoms with van der Waals surface area (Å²) >= 11 is 0. The van der Waals surface area contributed by atoms with E-state index in [4.69, 9.17) is 4.42 Å². The summed E-state index contributed by atoms with van der Waals surface area (Å²) in [6, 6.07) is 8.00. The van der Waals surface area contributed by atoms with Crippen LogP contribution in [-0.4, -0.2) is 23.0 Å². The first-order chi connectivity index (χ1) is 8.94. The number of carbonyl (C=O) groups is 1. The number of oxazole rings is 1. The van der Waals surface area contributed by atoms with Crippen LogP contribution in [-0.2, 0) is 4.79 Å². The molecule has 0 spiro atoms. The second kappa shape index (κ2) is 5.30. The highest BCUT2D eigenvalue weighted by Gasteiger charge is 2.13. The lowest BCUT2D eigenvalue weighted by molar-refractivity contribution is -0.122. The van der Waals surface area contributed by atoms with Crippen molar-refractivity contribution in [3.63, 3.8) is 0 Å². The summed E-state index contributed by atoms with van der Waals surface area (Å²) in [5.74, 6) is 0.0103. The van der Waals surface area contributed by atoms with Crippen molar-refractivity contribution in [2.45, 2.75) is 32.7 Å². The predicted molar refractivity (Wildman–Crippen MR) is 75.0 cm³/mol. The van der Waals surface area contributed by atoms with Crippen LogP contribution in [0.4, 0.5) is 6.01 Å². The Morgan fingerprint density at radius 2 is 2.05 bits per heavy atom. The van der Waals surface area contributed by atoms with Gasteiger partial charge in [-0.05, 0) is 32.9 Å².